The van der Waals surface area contributed by atoms with E-state index in [1.165, 1.54) is 24.5 Å². The zero-order valence-electron chi connectivity index (χ0n) is 9.75. The maximum absolute atomic E-state index is 13.6. The van der Waals surface area contributed by atoms with Gasteiger partial charge in [0.1, 0.15) is 10.7 Å². The smallest absolute Gasteiger partial charge is 0.264 e. The molecule has 0 aliphatic carbocycles. The molecule has 2 aromatic rings. The first-order valence-corrected chi connectivity index (χ1v) is 7.51. The molecule has 0 spiro atoms. The molecule has 1 aromatic carbocycles. The van der Waals surface area contributed by atoms with E-state index in [0.717, 1.165) is 12.1 Å². The molecule has 0 aliphatic heterocycles. The van der Waals surface area contributed by atoms with Crippen molar-refractivity contribution in [3.8, 4) is 0 Å². The fourth-order valence-corrected chi connectivity index (χ4v) is 2.30. The molecule has 0 saturated carbocycles. The Kier molecular flexibility index (Phi) is 3.96. The average Bonchev–Trinajstić information content (AvgIpc) is 2.38. The molecule has 0 fully saturated rings. The van der Waals surface area contributed by atoms with Gasteiger partial charge in [0, 0.05) is 16.4 Å². The minimum absolute atomic E-state index is 0.0911. The van der Waals surface area contributed by atoms with Crippen LogP contribution in [0.3, 0.4) is 0 Å². The van der Waals surface area contributed by atoms with E-state index >= 15 is 0 Å². The zero-order chi connectivity index (χ0) is 14.8. The lowest BCUT2D eigenvalue weighted by Crippen LogP contribution is -2.12. The Labute approximate surface area is 118 Å². The first-order valence-electron chi connectivity index (χ1n) is 5.20. The summed E-state index contributed by atoms with van der Waals surface area (Å²) in [5, 5.41) is 9.44. The van der Waals surface area contributed by atoms with Gasteiger partial charge < -0.3 is 5.32 Å². The number of benzene rings is 1. The molecule has 1 heterocycles. The number of hydrogen-bond donors (Lipinski definition) is 1. The number of aromatic nitrogens is 2. The lowest BCUT2D eigenvalue weighted by atomic mass is 10.2. The summed E-state index contributed by atoms with van der Waals surface area (Å²) < 4.78 is 35.6. The van der Waals surface area contributed by atoms with E-state index in [2.05, 4.69) is 15.5 Å². The van der Waals surface area contributed by atoms with Crippen LogP contribution in [0, 0.1) is 5.82 Å². The summed E-state index contributed by atoms with van der Waals surface area (Å²) >= 11 is 0. The van der Waals surface area contributed by atoms with Gasteiger partial charge in [-0.2, -0.15) is 10.2 Å². The second-order valence-corrected chi connectivity index (χ2v) is 6.20. The maximum Gasteiger partial charge on any atom is 0.264 e. The number of carbonyl (C=O) groups excluding carboxylic acids is 1. The van der Waals surface area contributed by atoms with Crippen molar-refractivity contribution in [3.63, 3.8) is 0 Å². The fourth-order valence-electron chi connectivity index (χ4n) is 1.40. The number of nitrogens with one attached hydrogen (secondary N) is 1. The molecule has 0 atom stereocenters. The van der Waals surface area contributed by atoms with Crippen molar-refractivity contribution in [2.75, 3.05) is 5.32 Å². The van der Waals surface area contributed by atoms with Gasteiger partial charge in [0.15, 0.2) is 0 Å². The van der Waals surface area contributed by atoms with Gasteiger partial charge in [0.2, 0.25) is 0 Å². The predicted molar refractivity (Wildman–Crippen MR) is 69.4 cm³/mol. The number of halogens is 2. The van der Waals surface area contributed by atoms with Crippen molar-refractivity contribution in [1.29, 1.82) is 0 Å². The monoisotopic (exact) mass is 315 g/mol. The Morgan fingerprint density at radius 1 is 1.25 bits per heavy atom. The van der Waals surface area contributed by atoms with Crippen molar-refractivity contribution in [2.24, 2.45) is 0 Å². The fraction of sp³-hybridized carbons (Fsp3) is 0. The Morgan fingerprint density at radius 2 is 2.00 bits per heavy atom. The van der Waals surface area contributed by atoms with Gasteiger partial charge in [-0.05, 0) is 24.3 Å². The van der Waals surface area contributed by atoms with Gasteiger partial charge in [-0.15, -0.1) is 0 Å². The molecule has 20 heavy (non-hydrogen) atoms. The molecule has 1 amide bonds. The van der Waals surface area contributed by atoms with Crippen LogP contribution in [0.4, 0.5) is 10.1 Å². The van der Waals surface area contributed by atoms with Crippen LogP contribution >= 0.6 is 10.7 Å². The number of carbonyl (C=O) groups is 1. The molecule has 0 aliphatic rings. The van der Waals surface area contributed by atoms with Crippen molar-refractivity contribution in [1.82, 2.24) is 10.2 Å². The number of nitrogens with zero attached hydrogens (tertiary/aromatic N) is 2. The molecule has 0 bridgehead atoms. The first kappa shape index (κ1) is 14.4. The van der Waals surface area contributed by atoms with Gasteiger partial charge in [-0.25, -0.2) is 12.8 Å². The summed E-state index contributed by atoms with van der Waals surface area (Å²) in [6.45, 7) is 0. The third-order valence-electron chi connectivity index (χ3n) is 2.30. The topological polar surface area (TPSA) is 89.0 Å². The summed E-state index contributed by atoms with van der Waals surface area (Å²) in [4.78, 5) is 11.1. The Morgan fingerprint density at radius 3 is 2.55 bits per heavy atom. The van der Waals surface area contributed by atoms with E-state index < -0.39 is 25.7 Å². The minimum Gasteiger partial charge on any atom is -0.322 e. The molecule has 9 heteroatoms. The summed E-state index contributed by atoms with van der Waals surface area (Å²) in [5.74, 6) is -1.58. The maximum atomic E-state index is 13.6. The molecule has 104 valence electrons. The van der Waals surface area contributed by atoms with E-state index in [4.69, 9.17) is 10.7 Å². The molecule has 0 radical (unpaired) electrons. The van der Waals surface area contributed by atoms with Crippen molar-refractivity contribution in [2.45, 2.75) is 4.90 Å². The van der Waals surface area contributed by atoms with Crippen LogP contribution in [0.15, 0.2) is 41.6 Å². The van der Waals surface area contributed by atoms with E-state index in [1.54, 1.807) is 0 Å². The van der Waals surface area contributed by atoms with Gasteiger partial charge in [0.25, 0.3) is 15.0 Å². The minimum atomic E-state index is -4.16. The van der Waals surface area contributed by atoms with Crippen LogP contribution in [-0.2, 0) is 9.05 Å². The van der Waals surface area contributed by atoms with E-state index in [0.29, 0.717) is 0 Å². The van der Waals surface area contributed by atoms with Crippen LogP contribution < -0.4 is 5.32 Å². The third kappa shape index (κ3) is 3.28. The predicted octanol–water partition coefficient (Wildman–Crippen LogP) is 1.80. The van der Waals surface area contributed by atoms with E-state index in [-0.39, 0.29) is 11.3 Å². The number of rotatable bonds is 3. The second-order valence-electron chi connectivity index (χ2n) is 3.67. The van der Waals surface area contributed by atoms with Crippen LogP contribution in [0.2, 0.25) is 0 Å². The van der Waals surface area contributed by atoms with Crippen molar-refractivity contribution >= 4 is 31.3 Å². The third-order valence-corrected chi connectivity index (χ3v) is 3.65. The SMILES string of the molecule is O=C(Nc1ccc(S(=O)(=O)Cl)c(F)c1)c1ccnnc1. The standard InChI is InChI=1S/C11H7ClFN3O3S/c12-20(18,19)10-2-1-8(5-9(10)13)16-11(17)7-3-4-14-15-6-7/h1-6H,(H,16,17). The highest BCUT2D eigenvalue weighted by Crippen LogP contribution is 2.22. The molecular weight excluding hydrogens is 309 g/mol. The number of hydrogen-bond acceptors (Lipinski definition) is 5. The van der Waals surface area contributed by atoms with Gasteiger partial charge in [0.05, 0.1) is 18.0 Å². The Hall–Kier alpha value is -2.06. The first-order chi connectivity index (χ1) is 9.38. The number of anilines is 1. The molecule has 1 N–H and O–H groups in total. The lowest BCUT2D eigenvalue weighted by Gasteiger charge is -2.06. The molecular formula is C11H7ClFN3O3S. The van der Waals surface area contributed by atoms with Crippen LogP contribution in [0.25, 0.3) is 0 Å². The van der Waals surface area contributed by atoms with E-state index in [9.17, 15) is 17.6 Å². The number of amides is 1. The van der Waals surface area contributed by atoms with Gasteiger partial charge >= 0.3 is 0 Å². The Bertz CT molecular complexity index is 753. The lowest BCUT2D eigenvalue weighted by molar-refractivity contribution is 0.102. The molecule has 2 rings (SSSR count). The van der Waals surface area contributed by atoms with Gasteiger partial charge in [-0.3, -0.25) is 4.79 Å². The molecule has 0 unspecified atom stereocenters. The largest absolute Gasteiger partial charge is 0.322 e. The van der Waals surface area contributed by atoms with Gasteiger partial charge in [-0.1, -0.05) is 0 Å². The highest BCUT2D eigenvalue weighted by Gasteiger charge is 2.17. The van der Waals surface area contributed by atoms with E-state index in [1.807, 2.05) is 0 Å². The summed E-state index contributed by atoms with van der Waals surface area (Å²) in [5.41, 5.74) is 0.322. The average molecular weight is 316 g/mol. The second kappa shape index (κ2) is 5.51. The molecule has 0 saturated heterocycles. The summed E-state index contributed by atoms with van der Waals surface area (Å²) in [6.07, 6.45) is 2.57. The molecule has 1 aromatic heterocycles. The quantitative estimate of drug-likeness (QED) is 0.872. The van der Waals surface area contributed by atoms with Crippen molar-refractivity contribution < 1.29 is 17.6 Å². The highest BCUT2D eigenvalue weighted by atomic mass is 35.7. The van der Waals surface area contributed by atoms with Crippen LogP contribution in [-0.4, -0.2) is 24.5 Å². The van der Waals surface area contributed by atoms with Crippen molar-refractivity contribution in [3.05, 3.63) is 48.0 Å². The highest BCUT2D eigenvalue weighted by molar-refractivity contribution is 8.13. The zero-order valence-corrected chi connectivity index (χ0v) is 11.3. The van der Waals surface area contributed by atoms with Crippen LogP contribution in [0.1, 0.15) is 10.4 Å². The normalized spacial score (nSPS) is 11.1. The summed E-state index contributed by atoms with van der Waals surface area (Å²) in [7, 11) is 0.883. The Balaban J connectivity index is 2.24. The summed E-state index contributed by atoms with van der Waals surface area (Å²) in [6, 6.07) is 4.49. The molecule has 6 nitrogen and oxygen atoms in total. The van der Waals surface area contributed by atoms with Crippen LogP contribution in [0.5, 0.6) is 0 Å².